The lowest BCUT2D eigenvalue weighted by molar-refractivity contribution is -0.254. The van der Waals surface area contributed by atoms with Crippen LogP contribution in [0, 0.1) is 20.8 Å². The topological polar surface area (TPSA) is 0 Å². The third kappa shape index (κ3) is 3.96. The quantitative estimate of drug-likeness (QED) is 0.147. The van der Waals surface area contributed by atoms with E-state index in [1.54, 1.807) is 6.07 Å². The van der Waals surface area contributed by atoms with Gasteiger partial charge in [0.1, 0.15) is 0 Å². The molecule has 0 atom stereocenters. The number of hydrogen-bond donors (Lipinski definition) is 0. The minimum atomic E-state index is -5.57. The molecule has 0 spiro atoms. The van der Waals surface area contributed by atoms with E-state index in [1.165, 1.54) is 57.6 Å². The van der Waals surface area contributed by atoms with E-state index in [-0.39, 0.29) is 20.9 Å². The Kier molecular flexibility index (Phi) is 6.81. The van der Waals surface area contributed by atoms with Crippen molar-refractivity contribution in [3.05, 3.63) is 62.2 Å². The van der Waals surface area contributed by atoms with E-state index < -0.39 is 28.9 Å². The Morgan fingerprint density at radius 3 is 1.53 bits per heavy atom. The predicted molar refractivity (Wildman–Crippen MR) is 151 cm³/mol. The van der Waals surface area contributed by atoms with Gasteiger partial charge in [0.25, 0.3) is 0 Å². The molecule has 1 aliphatic rings. The van der Waals surface area contributed by atoms with Gasteiger partial charge in [-0.15, -0.1) is 45.3 Å². The monoisotopic (exact) mass is 704 g/mol. The third-order valence-electron chi connectivity index (χ3n) is 5.92. The van der Waals surface area contributed by atoms with Crippen molar-refractivity contribution in [1.29, 1.82) is 0 Å². The molecule has 190 valence electrons. The Bertz CT molecular complexity index is 1500. The van der Waals surface area contributed by atoms with E-state index in [0.717, 1.165) is 41.5 Å². The van der Waals surface area contributed by atoms with Crippen molar-refractivity contribution in [3.63, 3.8) is 0 Å². The van der Waals surface area contributed by atoms with Crippen molar-refractivity contribution in [1.82, 2.24) is 0 Å². The SMILES string of the molecule is Cc1ccc(-c2cc(C3=C(c4cc(-c5ccc(SI)s5)sc4C)C(F)(F)C(F)(F)C3(F)F)c(C)s2)s1. The van der Waals surface area contributed by atoms with Crippen LogP contribution >= 0.6 is 75.5 Å². The first kappa shape index (κ1) is 26.8. The Hall–Kier alpha value is -0.800. The van der Waals surface area contributed by atoms with Crippen LogP contribution in [0.15, 0.2) is 40.6 Å². The summed E-state index contributed by atoms with van der Waals surface area (Å²) in [6.07, 6.45) is 0. The summed E-state index contributed by atoms with van der Waals surface area (Å²) in [5.74, 6) is -15.7. The maximum absolute atomic E-state index is 15.3. The number of allylic oxidation sites excluding steroid dienone is 2. The summed E-state index contributed by atoms with van der Waals surface area (Å²) in [5, 5.41) is 0. The van der Waals surface area contributed by atoms with Gasteiger partial charge in [0, 0.05) is 66.5 Å². The van der Waals surface area contributed by atoms with Crippen molar-refractivity contribution in [3.8, 4) is 19.5 Å². The molecule has 4 aromatic rings. The minimum Gasteiger partial charge on any atom is -0.194 e. The first-order valence-electron chi connectivity index (χ1n) is 10.4. The summed E-state index contributed by atoms with van der Waals surface area (Å²) in [6, 6.07) is 10.0. The van der Waals surface area contributed by atoms with Gasteiger partial charge in [-0.3, -0.25) is 0 Å². The van der Waals surface area contributed by atoms with E-state index in [0.29, 0.717) is 9.75 Å². The zero-order chi connectivity index (χ0) is 26.2. The Labute approximate surface area is 235 Å². The second kappa shape index (κ2) is 9.15. The second-order valence-corrected chi connectivity index (χ2v) is 15.3. The second-order valence-electron chi connectivity index (χ2n) is 8.24. The normalized spacial score (nSPS) is 18.4. The van der Waals surface area contributed by atoms with Crippen LogP contribution < -0.4 is 0 Å². The molecule has 0 aromatic carbocycles. The van der Waals surface area contributed by atoms with Gasteiger partial charge in [-0.05, 0) is 77.2 Å². The van der Waals surface area contributed by atoms with Crippen LogP contribution in [-0.2, 0) is 0 Å². The molecule has 0 nitrogen and oxygen atoms in total. The number of hydrogen-bond acceptors (Lipinski definition) is 5. The highest BCUT2D eigenvalue weighted by molar-refractivity contribution is 14.2. The Morgan fingerprint density at radius 1 is 0.639 bits per heavy atom. The molecular formula is C24H15F6IS5. The fourth-order valence-corrected chi connectivity index (χ4v) is 9.78. The lowest BCUT2D eigenvalue weighted by atomic mass is 9.95. The van der Waals surface area contributed by atoms with E-state index in [2.05, 4.69) is 21.2 Å². The average Bonchev–Trinajstić information content (AvgIpc) is 3.59. The summed E-state index contributed by atoms with van der Waals surface area (Å²) in [5.41, 5.74) is -3.09. The number of halogens is 7. The van der Waals surface area contributed by atoms with E-state index >= 15 is 17.6 Å². The van der Waals surface area contributed by atoms with Crippen LogP contribution in [0.25, 0.3) is 30.7 Å². The molecule has 0 bridgehead atoms. The Morgan fingerprint density at radius 2 is 1.11 bits per heavy atom. The van der Waals surface area contributed by atoms with Crippen molar-refractivity contribution < 1.29 is 26.3 Å². The summed E-state index contributed by atoms with van der Waals surface area (Å²) < 4.78 is 91.9. The molecule has 5 rings (SSSR count). The van der Waals surface area contributed by atoms with Crippen molar-refractivity contribution in [2.75, 3.05) is 0 Å². The number of aryl methyl sites for hydroxylation is 3. The van der Waals surface area contributed by atoms with E-state index in [9.17, 15) is 8.78 Å². The highest BCUT2D eigenvalue weighted by Gasteiger charge is 2.80. The largest absolute Gasteiger partial charge is 0.380 e. The van der Waals surface area contributed by atoms with E-state index in [4.69, 9.17) is 0 Å². The summed E-state index contributed by atoms with van der Waals surface area (Å²) in [7, 11) is 1.49. The minimum absolute atomic E-state index is 0.259. The van der Waals surface area contributed by atoms with Crippen LogP contribution in [0.4, 0.5) is 26.3 Å². The molecule has 4 aromatic heterocycles. The Balaban J connectivity index is 1.76. The summed E-state index contributed by atoms with van der Waals surface area (Å²) >= 11 is 7.22. The lowest BCUT2D eigenvalue weighted by Gasteiger charge is -2.25. The first-order chi connectivity index (χ1) is 16.8. The summed E-state index contributed by atoms with van der Waals surface area (Å²) in [6.45, 7) is 4.88. The lowest BCUT2D eigenvalue weighted by Crippen LogP contribution is -2.48. The molecule has 0 radical (unpaired) electrons. The smallest absolute Gasteiger partial charge is 0.194 e. The highest BCUT2D eigenvalue weighted by atomic mass is 127. The van der Waals surface area contributed by atoms with Gasteiger partial charge in [0.15, 0.2) is 0 Å². The fourth-order valence-electron chi connectivity index (χ4n) is 4.20. The molecular weight excluding hydrogens is 689 g/mol. The highest BCUT2D eigenvalue weighted by Crippen LogP contribution is 2.66. The molecule has 1 aliphatic carbocycles. The van der Waals surface area contributed by atoms with Gasteiger partial charge in [-0.1, -0.05) is 0 Å². The molecule has 0 N–H and O–H groups in total. The molecule has 0 saturated heterocycles. The first-order valence-corrected chi connectivity index (χ1v) is 17.0. The third-order valence-corrected chi connectivity index (χ3v) is 13.4. The van der Waals surface area contributed by atoms with Crippen molar-refractivity contribution >= 4 is 86.6 Å². The molecule has 0 aliphatic heterocycles. The molecule has 4 heterocycles. The average molecular weight is 705 g/mol. The van der Waals surface area contributed by atoms with Crippen LogP contribution in [0.2, 0.25) is 0 Å². The van der Waals surface area contributed by atoms with Gasteiger partial charge in [0.05, 0.1) is 4.21 Å². The number of thiophene rings is 4. The molecule has 0 unspecified atom stereocenters. The van der Waals surface area contributed by atoms with Gasteiger partial charge in [0.2, 0.25) is 0 Å². The summed E-state index contributed by atoms with van der Waals surface area (Å²) in [4.78, 5) is 4.23. The fraction of sp³-hybridized carbons (Fsp3) is 0.250. The van der Waals surface area contributed by atoms with Gasteiger partial charge in [-0.2, -0.15) is 26.3 Å². The van der Waals surface area contributed by atoms with Gasteiger partial charge in [-0.25, -0.2) is 0 Å². The molecule has 36 heavy (non-hydrogen) atoms. The number of rotatable bonds is 5. The standard InChI is InChI=1S/C24H15F6IS5/c1-10-4-5-15(32-10)17-8-13(11(2)33-17)20-21(23(27,28)24(29,30)22(20,25)26)14-9-18(34-12(14)3)16-6-7-19(35-16)36-31/h4-9H,1-3H3. The van der Waals surface area contributed by atoms with Crippen molar-refractivity contribution in [2.45, 2.75) is 42.7 Å². The molecule has 0 fully saturated rings. The van der Waals surface area contributed by atoms with Gasteiger partial charge >= 0.3 is 17.8 Å². The maximum atomic E-state index is 15.3. The molecule has 0 saturated carbocycles. The zero-order valence-electron chi connectivity index (χ0n) is 18.7. The molecule has 0 amide bonds. The predicted octanol–water partition coefficient (Wildman–Crippen LogP) is 11.5. The number of alkyl halides is 6. The van der Waals surface area contributed by atoms with Crippen LogP contribution in [0.3, 0.4) is 0 Å². The van der Waals surface area contributed by atoms with Crippen LogP contribution in [-0.4, -0.2) is 17.8 Å². The zero-order valence-corrected chi connectivity index (χ0v) is 24.9. The van der Waals surface area contributed by atoms with Crippen LogP contribution in [0.1, 0.15) is 25.8 Å². The molecule has 12 heteroatoms. The van der Waals surface area contributed by atoms with Crippen molar-refractivity contribution in [2.24, 2.45) is 0 Å². The maximum Gasteiger partial charge on any atom is 0.380 e. The van der Waals surface area contributed by atoms with Crippen LogP contribution in [0.5, 0.6) is 0 Å². The van der Waals surface area contributed by atoms with E-state index in [1.807, 2.05) is 25.1 Å². The van der Waals surface area contributed by atoms with Gasteiger partial charge < -0.3 is 0 Å².